The van der Waals surface area contributed by atoms with E-state index in [9.17, 15) is 4.79 Å². The summed E-state index contributed by atoms with van der Waals surface area (Å²) >= 11 is 0. The van der Waals surface area contributed by atoms with E-state index < -0.39 is 0 Å². The number of carbonyl (C=O) groups excluding carboxylic acids is 1. The zero-order chi connectivity index (χ0) is 13.2. The average Bonchev–Trinajstić information content (AvgIpc) is 2.94. The van der Waals surface area contributed by atoms with E-state index >= 15 is 0 Å². The van der Waals surface area contributed by atoms with Crippen LogP contribution in [0.25, 0.3) is 0 Å². The lowest BCUT2D eigenvalue weighted by Gasteiger charge is -2.26. The lowest BCUT2D eigenvalue weighted by Crippen LogP contribution is -2.43. The fraction of sp³-hybridized carbons (Fsp3) is 0.750. The molecule has 0 aromatic carbocycles. The highest BCUT2D eigenvalue weighted by atomic mass is 16.5. The molecule has 0 radical (unpaired) electrons. The van der Waals surface area contributed by atoms with Crippen molar-refractivity contribution in [1.82, 2.24) is 25.6 Å². The molecule has 1 amide bonds. The first kappa shape index (κ1) is 12.6. The van der Waals surface area contributed by atoms with Crippen molar-refractivity contribution < 1.29 is 9.53 Å². The first-order valence-corrected chi connectivity index (χ1v) is 6.76. The molecule has 104 valence electrons. The number of nitrogens with one attached hydrogen (secondary N) is 2. The molecule has 19 heavy (non-hydrogen) atoms. The molecule has 7 heteroatoms. The second-order valence-electron chi connectivity index (χ2n) is 5.23. The highest BCUT2D eigenvalue weighted by molar-refractivity contribution is 5.91. The van der Waals surface area contributed by atoms with Gasteiger partial charge in [0.25, 0.3) is 5.91 Å². The monoisotopic (exact) mass is 265 g/mol. The first-order valence-electron chi connectivity index (χ1n) is 6.76. The van der Waals surface area contributed by atoms with Gasteiger partial charge in [-0.05, 0) is 13.3 Å². The van der Waals surface area contributed by atoms with Crippen LogP contribution in [0.2, 0.25) is 0 Å². The highest BCUT2D eigenvalue weighted by Gasteiger charge is 2.25. The molecule has 0 spiro atoms. The zero-order valence-electron chi connectivity index (χ0n) is 11.0. The molecule has 2 fully saturated rings. The number of rotatable bonds is 4. The maximum atomic E-state index is 12.0. The van der Waals surface area contributed by atoms with Crippen LogP contribution in [-0.2, 0) is 4.74 Å². The van der Waals surface area contributed by atoms with Crippen LogP contribution in [0.5, 0.6) is 0 Å². The minimum atomic E-state index is -0.155. The van der Waals surface area contributed by atoms with Crippen LogP contribution in [0.15, 0.2) is 6.20 Å². The minimum Gasteiger partial charge on any atom is -0.378 e. The van der Waals surface area contributed by atoms with Crippen LogP contribution in [0, 0.1) is 5.92 Å². The van der Waals surface area contributed by atoms with Crippen LogP contribution >= 0.6 is 0 Å². The summed E-state index contributed by atoms with van der Waals surface area (Å²) in [5.41, 5.74) is 0.387. The van der Waals surface area contributed by atoms with Crippen LogP contribution in [0.3, 0.4) is 0 Å². The summed E-state index contributed by atoms with van der Waals surface area (Å²) in [6.07, 6.45) is 2.94. The highest BCUT2D eigenvalue weighted by Crippen LogP contribution is 2.19. The van der Waals surface area contributed by atoms with Crippen LogP contribution < -0.4 is 10.6 Å². The molecule has 2 atom stereocenters. The van der Waals surface area contributed by atoms with Crippen LogP contribution in [-0.4, -0.2) is 53.2 Å². The van der Waals surface area contributed by atoms with E-state index in [1.54, 1.807) is 10.9 Å². The molecule has 2 aliphatic heterocycles. The Labute approximate surface area is 111 Å². The molecule has 0 aliphatic carbocycles. The standard InChI is InChI=1S/C12H19N5O2/c1-8-9(2-3-19-8)4-14-12(18)11-7-17(16-15-11)10-5-13-6-10/h7-10,13H,2-6H2,1H3,(H,14,18). The quantitative estimate of drug-likeness (QED) is 0.772. The number of hydrogen-bond donors (Lipinski definition) is 2. The molecule has 2 aliphatic rings. The summed E-state index contributed by atoms with van der Waals surface area (Å²) in [6, 6.07) is 0.331. The van der Waals surface area contributed by atoms with Crippen LogP contribution in [0.4, 0.5) is 0 Å². The zero-order valence-corrected chi connectivity index (χ0v) is 11.0. The average molecular weight is 265 g/mol. The molecule has 2 unspecified atom stereocenters. The molecule has 2 saturated heterocycles. The summed E-state index contributed by atoms with van der Waals surface area (Å²) in [6.45, 7) is 5.25. The van der Waals surface area contributed by atoms with Crippen molar-refractivity contribution in [1.29, 1.82) is 0 Å². The Morgan fingerprint density at radius 3 is 3.11 bits per heavy atom. The third kappa shape index (κ3) is 2.62. The Bertz CT molecular complexity index is 457. The lowest BCUT2D eigenvalue weighted by atomic mass is 10.0. The normalized spacial score (nSPS) is 27.2. The number of hydrogen-bond acceptors (Lipinski definition) is 5. The Morgan fingerprint density at radius 2 is 2.47 bits per heavy atom. The maximum Gasteiger partial charge on any atom is 0.273 e. The van der Waals surface area contributed by atoms with Gasteiger partial charge in [0.2, 0.25) is 0 Å². The van der Waals surface area contributed by atoms with Gasteiger partial charge in [-0.15, -0.1) is 5.10 Å². The Hall–Kier alpha value is -1.47. The third-order valence-corrected chi connectivity index (χ3v) is 3.94. The van der Waals surface area contributed by atoms with E-state index in [2.05, 4.69) is 20.9 Å². The molecular formula is C12H19N5O2. The van der Waals surface area contributed by atoms with E-state index in [4.69, 9.17) is 4.74 Å². The summed E-state index contributed by atoms with van der Waals surface area (Å²) in [5, 5.41) is 14.0. The first-order chi connectivity index (χ1) is 9.24. The minimum absolute atomic E-state index is 0.155. The van der Waals surface area contributed by atoms with Crippen molar-refractivity contribution in [2.75, 3.05) is 26.2 Å². The lowest BCUT2D eigenvalue weighted by molar-refractivity contribution is 0.0903. The number of ether oxygens (including phenoxy) is 1. The smallest absolute Gasteiger partial charge is 0.273 e. The Balaban J connectivity index is 1.53. The number of aromatic nitrogens is 3. The van der Waals surface area contributed by atoms with Gasteiger partial charge in [-0.1, -0.05) is 5.21 Å². The van der Waals surface area contributed by atoms with Gasteiger partial charge in [-0.25, -0.2) is 4.68 Å². The van der Waals surface area contributed by atoms with Gasteiger partial charge < -0.3 is 15.4 Å². The van der Waals surface area contributed by atoms with E-state index in [1.807, 2.05) is 6.92 Å². The van der Waals surface area contributed by atoms with Gasteiger partial charge >= 0.3 is 0 Å². The number of nitrogens with zero attached hydrogens (tertiary/aromatic N) is 3. The topological polar surface area (TPSA) is 81.1 Å². The molecule has 1 aromatic rings. The molecule has 7 nitrogen and oxygen atoms in total. The van der Waals surface area contributed by atoms with Gasteiger partial charge in [-0.3, -0.25) is 4.79 Å². The second kappa shape index (κ2) is 5.26. The third-order valence-electron chi connectivity index (χ3n) is 3.94. The molecule has 0 saturated carbocycles. The SMILES string of the molecule is CC1OCCC1CNC(=O)c1cn(C2CNC2)nn1. The van der Waals surface area contributed by atoms with Crippen molar-refractivity contribution in [2.45, 2.75) is 25.5 Å². The molecule has 1 aromatic heterocycles. The fourth-order valence-corrected chi connectivity index (χ4v) is 2.38. The van der Waals surface area contributed by atoms with Crippen molar-refractivity contribution >= 4 is 5.91 Å². The van der Waals surface area contributed by atoms with Crippen molar-refractivity contribution in [3.8, 4) is 0 Å². The molecule has 3 heterocycles. The van der Waals surface area contributed by atoms with E-state index in [0.29, 0.717) is 24.2 Å². The van der Waals surface area contributed by atoms with Gasteiger partial charge in [0.15, 0.2) is 5.69 Å². The fourth-order valence-electron chi connectivity index (χ4n) is 2.38. The van der Waals surface area contributed by atoms with Gasteiger partial charge in [0, 0.05) is 32.2 Å². The van der Waals surface area contributed by atoms with E-state index in [1.165, 1.54) is 0 Å². The number of amides is 1. The molecule has 0 bridgehead atoms. The summed E-state index contributed by atoms with van der Waals surface area (Å²) in [7, 11) is 0. The van der Waals surface area contributed by atoms with Gasteiger partial charge in [-0.2, -0.15) is 0 Å². The molecule has 3 rings (SSSR count). The van der Waals surface area contributed by atoms with Gasteiger partial charge in [0.1, 0.15) is 0 Å². The Morgan fingerprint density at radius 1 is 1.63 bits per heavy atom. The summed E-state index contributed by atoms with van der Waals surface area (Å²) in [4.78, 5) is 12.0. The van der Waals surface area contributed by atoms with Gasteiger partial charge in [0.05, 0.1) is 18.3 Å². The van der Waals surface area contributed by atoms with E-state index in [0.717, 1.165) is 26.1 Å². The van der Waals surface area contributed by atoms with Crippen molar-refractivity contribution in [3.05, 3.63) is 11.9 Å². The maximum absolute atomic E-state index is 12.0. The van der Waals surface area contributed by atoms with E-state index in [-0.39, 0.29) is 12.0 Å². The predicted molar refractivity (Wildman–Crippen MR) is 67.8 cm³/mol. The summed E-state index contributed by atoms with van der Waals surface area (Å²) < 4.78 is 7.23. The largest absolute Gasteiger partial charge is 0.378 e. The Kier molecular flexibility index (Phi) is 3.48. The second-order valence-corrected chi connectivity index (χ2v) is 5.23. The van der Waals surface area contributed by atoms with Crippen molar-refractivity contribution in [3.63, 3.8) is 0 Å². The molecule has 2 N–H and O–H groups in total. The predicted octanol–water partition coefficient (Wildman–Crippen LogP) is -0.423. The molecular weight excluding hydrogens is 246 g/mol. The number of carbonyl (C=O) groups is 1. The summed E-state index contributed by atoms with van der Waals surface area (Å²) in [5.74, 6) is 0.243. The van der Waals surface area contributed by atoms with Crippen molar-refractivity contribution in [2.24, 2.45) is 5.92 Å². The van der Waals surface area contributed by atoms with Crippen LogP contribution in [0.1, 0.15) is 29.9 Å².